The van der Waals surface area contributed by atoms with Crippen LogP contribution in [-0.2, 0) is 13.1 Å². The zero-order valence-electron chi connectivity index (χ0n) is 8.72. The van der Waals surface area contributed by atoms with Crippen molar-refractivity contribution in [2.45, 2.75) is 13.1 Å². The van der Waals surface area contributed by atoms with Gasteiger partial charge in [-0.15, -0.1) is 10.2 Å². The topological polar surface area (TPSA) is 59.7 Å². The standard InChI is InChI=1S/C9H8BrClN6/c10-7-8(11)12-4-13-9(7)16-1-2-17-5-14-15-6(17)3-16/h4-5H,1-3H2. The fourth-order valence-electron chi connectivity index (χ4n) is 1.81. The van der Waals surface area contributed by atoms with Gasteiger partial charge in [0.25, 0.3) is 0 Å². The summed E-state index contributed by atoms with van der Waals surface area (Å²) in [5, 5.41) is 8.37. The first kappa shape index (κ1) is 10.9. The molecule has 2 aromatic heterocycles. The number of fused-ring (bicyclic) bond motifs is 1. The molecule has 0 saturated heterocycles. The first-order valence-corrected chi connectivity index (χ1v) is 6.20. The Morgan fingerprint density at radius 3 is 3.06 bits per heavy atom. The van der Waals surface area contributed by atoms with Crippen LogP contribution in [0.2, 0.25) is 5.15 Å². The van der Waals surface area contributed by atoms with Crippen molar-refractivity contribution in [3.63, 3.8) is 0 Å². The predicted molar refractivity (Wildman–Crippen MR) is 65.8 cm³/mol. The van der Waals surface area contributed by atoms with Crippen LogP contribution in [0, 0.1) is 0 Å². The summed E-state index contributed by atoms with van der Waals surface area (Å²) >= 11 is 9.36. The zero-order chi connectivity index (χ0) is 11.8. The third-order valence-electron chi connectivity index (χ3n) is 2.67. The van der Waals surface area contributed by atoms with Crippen molar-refractivity contribution < 1.29 is 0 Å². The van der Waals surface area contributed by atoms with E-state index < -0.39 is 0 Å². The summed E-state index contributed by atoms with van der Waals surface area (Å²) in [7, 11) is 0. The van der Waals surface area contributed by atoms with Crippen molar-refractivity contribution >= 4 is 33.3 Å². The van der Waals surface area contributed by atoms with Crippen molar-refractivity contribution in [1.29, 1.82) is 0 Å². The highest BCUT2D eigenvalue weighted by Gasteiger charge is 2.21. The van der Waals surface area contributed by atoms with Gasteiger partial charge in [-0.1, -0.05) is 11.6 Å². The Hall–Kier alpha value is -1.21. The molecule has 0 aliphatic carbocycles. The predicted octanol–water partition coefficient (Wildman–Crippen LogP) is 1.50. The first-order chi connectivity index (χ1) is 8.25. The number of hydrogen-bond acceptors (Lipinski definition) is 5. The van der Waals surface area contributed by atoms with E-state index in [-0.39, 0.29) is 0 Å². The van der Waals surface area contributed by atoms with Gasteiger partial charge in [0.15, 0.2) is 5.82 Å². The van der Waals surface area contributed by atoms with Gasteiger partial charge in [-0.05, 0) is 15.9 Å². The molecule has 0 saturated carbocycles. The molecule has 3 heterocycles. The van der Waals surface area contributed by atoms with Crippen molar-refractivity contribution in [3.8, 4) is 0 Å². The van der Waals surface area contributed by atoms with Gasteiger partial charge in [0.1, 0.15) is 23.6 Å². The fraction of sp³-hybridized carbons (Fsp3) is 0.333. The Balaban J connectivity index is 1.94. The first-order valence-electron chi connectivity index (χ1n) is 5.03. The Bertz CT molecular complexity index is 556. The van der Waals surface area contributed by atoms with Gasteiger partial charge in [0, 0.05) is 13.1 Å². The van der Waals surface area contributed by atoms with Crippen molar-refractivity contribution in [1.82, 2.24) is 24.7 Å². The van der Waals surface area contributed by atoms with Gasteiger partial charge in [-0.25, -0.2) is 9.97 Å². The van der Waals surface area contributed by atoms with Gasteiger partial charge in [-0.2, -0.15) is 0 Å². The molecule has 0 atom stereocenters. The number of aromatic nitrogens is 5. The molecule has 0 fully saturated rings. The van der Waals surface area contributed by atoms with Crippen molar-refractivity contribution in [3.05, 3.63) is 28.1 Å². The molecule has 0 unspecified atom stereocenters. The average Bonchev–Trinajstić information content (AvgIpc) is 2.79. The zero-order valence-corrected chi connectivity index (χ0v) is 11.1. The Kier molecular flexibility index (Phi) is 2.71. The summed E-state index contributed by atoms with van der Waals surface area (Å²) in [6.45, 7) is 2.36. The third-order valence-corrected chi connectivity index (χ3v) is 3.91. The molecular formula is C9H8BrClN6. The highest BCUT2D eigenvalue weighted by atomic mass is 79.9. The van der Waals surface area contributed by atoms with Crippen molar-refractivity contribution in [2.24, 2.45) is 0 Å². The minimum atomic E-state index is 0.419. The lowest BCUT2D eigenvalue weighted by Crippen LogP contribution is -2.34. The Morgan fingerprint density at radius 2 is 2.18 bits per heavy atom. The smallest absolute Gasteiger partial charge is 0.152 e. The molecule has 0 spiro atoms. The molecule has 0 N–H and O–H groups in total. The van der Waals surface area contributed by atoms with E-state index in [2.05, 4.69) is 41.0 Å². The Morgan fingerprint density at radius 1 is 1.29 bits per heavy atom. The number of anilines is 1. The number of hydrogen-bond donors (Lipinski definition) is 0. The summed E-state index contributed by atoms with van der Waals surface area (Å²) in [5.74, 6) is 1.72. The molecule has 0 aromatic carbocycles. The summed E-state index contributed by atoms with van der Waals surface area (Å²) in [6.07, 6.45) is 3.20. The fourth-order valence-corrected chi connectivity index (χ4v) is 2.39. The molecule has 8 heteroatoms. The molecule has 6 nitrogen and oxygen atoms in total. The van der Waals surface area contributed by atoms with E-state index in [9.17, 15) is 0 Å². The summed E-state index contributed by atoms with van der Waals surface area (Å²) < 4.78 is 2.75. The number of halogens is 2. The van der Waals surface area contributed by atoms with E-state index in [0.717, 1.165) is 29.2 Å². The summed E-state index contributed by atoms with van der Waals surface area (Å²) in [6, 6.07) is 0. The van der Waals surface area contributed by atoms with Crippen molar-refractivity contribution in [2.75, 3.05) is 11.4 Å². The molecule has 1 aliphatic heterocycles. The van der Waals surface area contributed by atoms with Crippen LogP contribution in [0.3, 0.4) is 0 Å². The average molecular weight is 316 g/mol. The van der Waals surface area contributed by atoms with Crippen LogP contribution >= 0.6 is 27.5 Å². The highest BCUT2D eigenvalue weighted by Crippen LogP contribution is 2.30. The molecule has 88 valence electrons. The van der Waals surface area contributed by atoms with Gasteiger partial charge in [-0.3, -0.25) is 0 Å². The maximum absolute atomic E-state index is 5.95. The van der Waals surface area contributed by atoms with E-state index >= 15 is 0 Å². The van der Waals surface area contributed by atoms with Crippen LogP contribution in [0.4, 0.5) is 5.82 Å². The second-order valence-corrected chi connectivity index (χ2v) is 4.82. The van der Waals surface area contributed by atoms with E-state index in [1.165, 1.54) is 6.33 Å². The lowest BCUT2D eigenvalue weighted by molar-refractivity contribution is 0.555. The molecule has 2 aromatic rings. The van der Waals surface area contributed by atoms with Crippen LogP contribution in [0.25, 0.3) is 0 Å². The maximum Gasteiger partial charge on any atom is 0.152 e. The minimum Gasteiger partial charge on any atom is -0.346 e. The van der Waals surface area contributed by atoms with Crippen LogP contribution in [0.1, 0.15) is 5.82 Å². The van der Waals surface area contributed by atoms with Crippen LogP contribution in [-0.4, -0.2) is 31.3 Å². The largest absolute Gasteiger partial charge is 0.346 e. The summed E-state index contributed by atoms with van der Waals surface area (Å²) in [4.78, 5) is 10.3. The second kappa shape index (κ2) is 4.23. The lowest BCUT2D eigenvalue weighted by Gasteiger charge is -2.28. The lowest BCUT2D eigenvalue weighted by atomic mass is 10.3. The molecule has 1 aliphatic rings. The molecular weight excluding hydrogens is 307 g/mol. The van der Waals surface area contributed by atoms with E-state index in [1.54, 1.807) is 6.33 Å². The second-order valence-electron chi connectivity index (χ2n) is 3.66. The van der Waals surface area contributed by atoms with Crippen LogP contribution in [0.5, 0.6) is 0 Å². The molecule has 0 radical (unpaired) electrons. The van der Waals surface area contributed by atoms with E-state index in [4.69, 9.17) is 11.6 Å². The monoisotopic (exact) mass is 314 g/mol. The van der Waals surface area contributed by atoms with Crippen LogP contribution in [0.15, 0.2) is 17.1 Å². The van der Waals surface area contributed by atoms with Crippen LogP contribution < -0.4 is 4.90 Å². The van der Waals surface area contributed by atoms with E-state index in [0.29, 0.717) is 11.7 Å². The SMILES string of the molecule is Clc1ncnc(N2CCn3cnnc3C2)c1Br. The number of rotatable bonds is 1. The normalized spacial score (nSPS) is 14.8. The highest BCUT2D eigenvalue weighted by molar-refractivity contribution is 9.10. The quantitative estimate of drug-likeness (QED) is 0.747. The molecule has 0 amide bonds. The van der Waals surface area contributed by atoms with Gasteiger partial charge in [0.2, 0.25) is 0 Å². The number of nitrogens with zero attached hydrogens (tertiary/aromatic N) is 6. The van der Waals surface area contributed by atoms with Gasteiger partial charge < -0.3 is 9.47 Å². The van der Waals surface area contributed by atoms with Gasteiger partial charge in [0.05, 0.1) is 11.0 Å². The molecule has 17 heavy (non-hydrogen) atoms. The third kappa shape index (κ3) is 1.89. The van der Waals surface area contributed by atoms with Gasteiger partial charge >= 0.3 is 0 Å². The maximum atomic E-state index is 5.95. The molecule has 3 rings (SSSR count). The Labute approximate surface area is 111 Å². The minimum absolute atomic E-state index is 0.419. The molecule has 0 bridgehead atoms. The summed E-state index contributed by atoms with van der Waals surface area (Å²) in [5.41, 5.74) is 0. The van der Waals surface area contributed by atoms with E-state index in [1.807, 2.05) is 4.57 Å².